The van der Waals surface area contributed by atoms with Gasteiger partial charge in [0, 0.05) is 7.05 Å². The van der Waals surface area contributed by atoms with Crippen LogP contribution in [0.2, 0.25) is 5.15 Å². The smallest absolute Gasteiger partial charge is 0.178 e. The van der Waals surface area contributed by atoms with Crippen molar-refractivity contribution in [1.82, 2.24) is 9.97 Å². The van der Waals surface area contributed by atoms with E-state index in [1.165, 1.54) is 0 Å². The highest BCUT2D eigenvalue weighted by molar-refractivity contribution is 6.31. The van der Waals surface area contributed by atoms with Gasteiger partial charge in [-0.15, -0.1) is 0 Å². The maximum Gasteiger partial charge on any atom is 0.178 e. The third-order valence-electron chi connectivity index (χ3n) is 3.50. The molecule has 1 aromatic carbocycles. The molecule has 1 aliphatic rings. The summed E-state index contributed by atoms with van der Waals surface area (Å²) in [5.41, 5.74) is 1.55. The van der Waals surface area contributed by atoms with E-state index in [1.807, 2.05) is 24.3 Å². The molecule has 114 valence electrons. The number of halogens is 1. The van der Waals surface area contributed by atoms with Crippen molar-refractivity contribution in [3.05, 3.63) is 52.3 Å². The lowest BCUT2D eigenvalue weighted by Gasteiger charge is -2.15. The second-order valence-corrected chi connectivity index (χ2v) is 5.18. The number of fused-ring (bicyclic) bond motifs is 1. The number of benzene rings is 1. The zero-order valence-corrected chi connectivity index (χ0v) is 13.1. The molecule has 3 rings (SSSR count). The number of aromatic nitrogens is 2. The van der Waals surface area contributed by atoms with Crippen molar-refractivity contribution in [2.45, 2.75) is 0 Å². The first-order valence-electron chi connectivity index (χ1n) is 6.73. The van der Waals surface area contributed by atoms with Gasteiger partial charge >= 0.3 is 0 Å². The van der Waals surface area contributed by atoms with Crippen molar-refractivity contribution >= 4 is 28.5 Å². The molecule has 2 heterocycles. The number of rotatable bonds is 1. The second-order valence-electron chi connectivity index (χ2n) is 4.82. The van der Waals surface area contributed by atoms with Crippen molar-refractivity contribution in [2.24, 2.45) is 0 Å². The first-order valence-corrected chi connectivity index (χ1v) is 7.10. The van der Waals surface area contributed by atoms with Crippen molar-refractivity contribution < 1.29 is 0 Å². The topological polar surface area (TPSA) is 112 Å². The van der Waals surface area contributed by atoms with Gasteiger partial charge in [-0.25, -0.2) is 9.97 Å². The minimum Gasteiger partial charge on any atom is -0.339 e. The summed E-state index contributed by atoms with van der Waals surface area (Å²) < 4.78 is 0. The number of anilines is 2. The summed E-state index contributed by atoms with van der Waals surface area (Å²) in [4.78, 5) is 9.70. The van der Waals surface area contributed by atoms with E-state index in [0.29, 0.717) is 5.82 Å². The van der Waals surface area contributed by atoms with E-state index < -0.39 is 0 Å². The third kappa shape index (κ3) is 2.28. The molecule has 0 saturated heterocycles. The van der Waals surface area contributed by atoms with Crippen LogP contribution >= 0.6 is 11.6 Å². The van der Waals surface area contributed by atoms with E-state index >= 15 is 0 Å². The van der Waals surface area contributed by atoms with Gasteiger partial charge in [-0.05, 0) is 12.1 Å². The zero-order chi connectivity index (χ0) is 17.3. The predicted octanol–water partition coefficient (Wildman–Crippen LogP) is 2.63. The standard InChI is InChI=1S/C16H8ClN7/c1-24-13-5-3-2-4-10(13)23-16(24)9(6-18)14-15(17)22-12(8-20)11(7-19)21-14/h2-5,23H,1H3/b16-9-. The Bertz CT molecular complexity index is 1000. The molecule has 0 radical (unpaired) electrons. The average molecular weight is 334 g/mol. The van der Waals surface area contributed by atoms with Gasteiger partial charge in [0.1, 0.15) is 35.3 Å². The van der Waals surface area contributed by atoms with Crippen LogP contribution in [0.5, 0.6) is 0 Å². The summed E-state index contributed by atoms with van der Waals surface area (Å²) in [6.07, 6.45) is 0. The molecule has 2 aromatic rings. The molecule has 0 unspecified atom stereocenters. The van der Waals surface area contributed by atoms with Gasteiger partial charge in [0.2, 0.25) is 0 Å². The molecule has 0 amide bonds. The SMILES string of the molecule is CN1/C(=C(/C#N)c2nc(C#N)c(C#N)nc2Cl)Nc2ccccc21. The lowest BCUT2D eigenvalue weighted by molar-refractivity contribution is 1.09. The average Bonchev–Trinajstić information content (AvgIpc) is 2.93. The highest BCUT2D eigenvalue weighted by atomic mass is 35.5. The Morgan fingerprint density at radius 3 is 2.42 bits per heavy atom. The Morgan fingerprint density at radius 1 is 1.12 bits per heavy atom. The molecule has 0 spiro atoms. The summed E-state index contributed by atoms with van der Waals surface area (Å²) in [6.45, 7) is 0. The number of allylic oxidation sites excluding steroid dienone is 1. The van der Waals surface area contributed by atoms with Crippen LogP contribution in [0, 0.1) is 34.0 Å². The predicted molar refractivity (Wildman–Crippen MR) is 87.5 cm³/mol. The number of hydrogen-bond acceptors (Lipinski definition) is 7. The van der Waals surface area contributed by atoms with Gasteiger partial charge in [0.05, 0.1) is 11.4 Å². The zero-order valence-electron chi connectivity index (χ0n) is 12.4. The van der Waals surface area contributed by atoms with Crippen LogP contribution in [0.3, 0.4) is 0 Å². The minimum atomic E-state index is -0.177. The lowest BCUT2D eigenvalue weighted by atomic mass is 10.2. The van der Waals surface area contributed by atoms with Gasteiger partial charge in [0.15, 0.2) is 16.5 Å². The van der Waals surface area contributed by atoms with E-state index in [2.05, 4.69) is 21.4 Å². The Kier molecular flexibility index (Phi) is 3.75. The van der Waals surface area contributed by atoms with Crippen molar-refractivity contribution in [1.29, 1.82) is 15.8 Å². The molecular formula is C16H8ClN7. The van der Waals surface area contributed by atoms with E-state index in [9.17, 15) is 5.26 Å². The van der Waals surface area contributed by atoms with Gasteiger partial charge in [-0.3, -0.25) is 0 Å². The number of hydrogen-bond donors (Lipinski definition) is 1. The number of para-hydroxylation sites is 2. The Morgan fingerprint density at radius 2 is 1.79 bits per heavy atom. The number of nitrogens with one attached hydrogen (secondary N) is 1. The summed E-state index contributed by atoms with van der Waals surface area (Å²) >= 11 is 6.08. The first-order chi connectivity index (χ1) is 11.6. The Balaban J connectivity index is 2.21. The molecule has 0 bridgehead atoms. The van der Waals surface area contributed by atoms with Crippen LogP contribution in [0.1, 0.15) is 17.1 Å². The van der Waals surface area contributed by atoms with Crippen LogP contribution in [0.25, 0.3) is 5.57 Å². The van der Waals surface area contributed by atoms with Crippen molar-refractivity contribution in [3.63, 3.8) is 0 Å². The van der Waals surface area contributed by atoms with E-state index in [0.717, 1.165) is 11.4 Å². The van der Waals surface area contributed by atoms with Crippen LogP contribution in [0.15, 0.2) is 30.1 Å². The number of nitrogens with zero attached hydrogens (tertiary/aromatic N) is 6. The molecule has 0 atom stereocenters. The molecule has 0 aliphatic carbocycles. The van der Waals surface area contributed by atoms with E-state index in [-0.39, 0.29) is 27.8 Å². The van der Waals surface area contributed by atoms with Gasteiger partial charge in [-0.1, -0.05) is 23.7 Å². The van der Waals surface area contributed by atoms with E-state index in [1.54, 1.807) is 24.1 Å². The van der Waals surface area contributed by atoms with Gasteiger partial charge < -0.3 is 10.2 Å². The molecular weight excluding hydrogens is 326 g/mol. The van der Waals surface area contributed by atoms with Crippen LogP contribution < -0.4 is 10.2 Å². The van der Waals surface area contributed by atoms with Crippen molar-refractivity contribution in [3.8, 4) is 18.2 Å². The quantitative estimate of drug-likeness (QED) is 0.798. The fraction of sp³-hybridized carbons (Fsp3) is 0.0625. The maximum absolute atomic E-state index is 9.60. The van der Waals surface area contributed by atoms with Crippen LogP contribution in [-0.4, -0.2) is 17.0 Å². The van der Waals surface area contributed by atoms with E-state index in [4.69, 9.17) is 22.1 Å². The molecule has 1 N–H and O–H groups in total. The minimum absolute atomic E-state index is 0.0527. The number of nitriles is 3. The van der Waals surface area contributed by atoms with Gasteiger partial charge in [-0.2, -0.15) is 15.8 Å². The van der Waals surface area contributed by atoms with Gasteiger partial charge in [0.25, 0.3) is 0 Å². The summed E-state index contributed by atoms with van der Waals surface area (Å²) in [6, 6.07) is 13.1. The normalized spacial score (nSPS) is 14.0. The first kappa shape index (κ1) is 15.3. The largest absolute Gasteiger partial charge is 0.339 e. The Labute approximate surface area is 142 Å². The highest BCUT2D eigenvalue weighted by Crippen LogP contribution is 2.38. The molecule has 24 heavy (non-hydrogen) atoms. The molecule has 8 heteroatoms. The molecule has 1 aromatic heterocycles. The van der Waals surface area contributed by atoms with Crippen molar-refractivity contribution in [2.75, 3.05) is 17.3 Å². The van der Waals surface area contributed by atoms with Crippen LogP contribution in [0.4, 0.5) is 11.4 Å². The monoisotopic (exact) mass is 333 g/mol. The summed E-state index contributed by atoms with van der Waals surface area (Å²) in [5.74, 6) is 0.475. The summed E-state index contributed by atoms with van der Waals surface area (Å²) in [7, 11) is 1.79. The lowest BCUT2D eigenvalue weighted by Crippen LogP contribution is -2.17. The fourth-order valence-corrected chi connectivity index (χ4v) is 2.60. The highest BCUT2D eigenvalue weighted by Gasteiger charge is 2.27. The third-order valence-corrected chi connectivity index (χ3v) is 3.77. The fourth-order valence-electron chi connectivity index (χ4n) is 2.38. The summed E-state index contributed by atoms with van der Waals surface area (Å²) in [5, 5.41) is 30.7. The molecule has 0 fully saturated rings. The molecule has 0 saturated carbocycles. The maximum atomic E-state index is 9.60. The molecule has 1 aliphatic heterocycles. The van der Waals surface area contributed by atoms with Crippen LogP contribution in [-0.2, 0) is 0 Å². The second kappa shape index (κ2) is 5.89. The Hall–Kier alpha value is -3.60. The molecule has 7 nitrogen and oxygen atoms in total.